The molecular weight excluding hydrogens is 322 g/mol. The number of hydrogen-bond acceptors (Lipinski definition) is 4. The van der Waals surface area contributed by atoms with Crippen molar-refractivity contribution in [1.82, 2.24) is 16.0 Å². The van der Waals surface area contributed by atoms with Gasteiger partial charge in [0.1, 0.15) is 11.3 Å². The number of carbonyl (C=O) groups excluding carboxylic acids is 3. The Kier molecular flexibility index (Phi) is 4.74. The van der Waals surface area contributed by atoms with Crippen molar-refractivity contribution in [1.29, 1.82) is 0 Å². The van der Waals surface area contributed by atoms with Crippen LogP contribution in [0.5, 0.6) is 5.75 Å². The summed E-state index contributed by atoms with van der Waals surface area (Å²) in [6, 6.07) is 6.99. The Morgan fingerprint density at radius 3 is 2.72 bits per heavy atom. The molecule has 1 aromatic carbocycles. The molecule has 2 aliphatic rings. The standard InChI is InChI=1S/C18H21N3O4/c1-25-14-4-2-3-12(11-14)5-6-15(22)19-13-7-9-18(10-8-13)16(23)20-17(24)21-18/h2-6,11,13H,7-10H2,1H3,(H,19,22)(H2,20,21,23,24)/b6-5+. The van der Waals surface area contributed by atoms with Crippen LogP contribution >= 0.6 is 0 Å². The predicted molar refractivity (Wildman–Crippen MR) is 91.8 cm³/mol. The van der Waals surface area contributed by atoms with Gasteiger partial charge in [-0.15, -0.1) is 0 Å². The minimum atomic E-state index is -0.797. The van der Waals surface area contributed by atoms with Crippen molar-refractivity contribution < 1.29 is 19.1 Å². The van der Waals surface area contributed by atoms with E-state index in [0.717, 1.165) is 11.3 Å². The highest BCUT2D eigenvalue weighted by Crippen LogP contribution is 2.30. The Morgan fingerprint density at radius 2 is 2.08 bits per heavy atom. The third kappa shape index (κ3) is 3.81. The Balaban J connectivity index is 1.52. The lowest BCUT2D eigenvalue weighted by molar-refractivity contribution is -0.125. The van der Waals surface area contributed by atoms with E-state index >= 15 is 0 Å². The zero-order chi connectivity index (χ0) is 17.9. The number of rotatable bonds is 4. The number of benzene rings is 1. The second-order valence-electron chi connectivity index (χ2n) is 6.38. The Bertz CT molecular complexity index is 721. The highest BCUT2D eigenvalue weighted by atomic mass is 16.5. The lowest BCUT2D eigenvalue weighted by atomic mass is 9.79. The third-order valence-electron chi connectivity index (χ3n) is 4.72. The van der Waals surface area contributed by atoms with Crippen LogP contribution in [0, 0.1) is 0 Å². The van der Waals surface area contributed by atoms with Crippen molar-refractivity contribution in [2.75, 3.05) is 7.11 Å². The van der Waals surface area contributed by atoms with Gasteiger partial charge in [-0.25, -0.2) is 4.79 Å². The van der Waals surface area contributed by atoms with E-state index in [1.165, 1.54) is 6.08 Å². The molecule has 7 heteroatoms. The molecule has 132 valence electrons. The average Bonchev–Trinajstić information content (AvgIpc) is 2.89. The molecule has 1 aliphatic carbocycles. The number of imide groups is 1. The molecule has 0 atom stereocenters. The van der Waals surface area contributed by atoms with E-state index in [-0.39, 0.29) is 17.9 Å². The van der Waals surface area contributed by atoms with Crippen molar-refractivity contribution in [3.63, 3.8) is 0 Å². The number of hydrogen-bond donors (Lipinski definition) is 3. The maximum Gasteiger partial charge on any atom is 0.322 e. The van der Waals surface area contributed by atoms with Gasteiger partial charge in [0.2, 0.25) is 5.91 Å². The van der Waals surface area contributed by atoms with Crippen LogP contribution in [0.3, 0.4) is 0 Å². The molecule has 0 unspecified atom stereocenters. The van der Waals surface area contributed by atoms with Gasteiger partial charge in [-0.3, -0.25) is 14.9 Å². The van der Waals surface area contributed by atoms with Gasteiger partial charge >= 0.3 is 6.03 Å². The maximum atomic E-state index is 12.1. The second kappa shape index (κ2) is 6.96. The Labute approximate surface area is 145 Å². The van der Waals surface area contributed by atoms with Gasteiger partial charge in [-0.1, -0.05) is 12.1 Å². The molecular formula is C18H21N3O4. The van der Waals surface area contributed by atoms with Crippen molar-refractivity contribution in [3.05, 3.63) is 35.9 Å². The summed E-state index contributed by atoms with van der Waals surface area (Å²) in [6.07, 6.45) is 5.55. The van der Waals surface area contributed by atoms with Crippen molar-refractivity contribution in [2.24, 2.45) is 0 Å². The molecule has 7 nitrogen and oxygen atoms in total. The fourth-order valence-electron chi connectivity index (χ4n) is 3.30. The molecule has 25 heavy (non-hydrogen) atoms. The van der Waals surface area contributed by atoms with Crippen molar-refractivity contribution in [3.8, 4) is 5.75 Å². The van der Waals surface area contributed by atoms with Gasteiger partial charge in [-0.2, -0.15) is 0 Å². The van der Waals surface area contributed by atoms with E-state index in [9.17, 15) is 14.4 Å². The summed E-state index contributed by atoms with van der Waals surface area (Å²) in [4.78, 5) is 35.3. The van der Waals surface area contributed by atoms with Gasteiger partial charge in [0.15, 0.2) is 0 Å². The summed E-state index contributed by atoms with van der Waals surface area (Å²) in [6.45, 7) is 0. The molecule has 0 bridgehead atoms. The largest absolute Gasteiger partial charge is 0.497 e. The summed E-state index contributed by atoms with van der Waals surface area (Å²) in [5.41, 5.74) is 0.0804. The number of urea groups is 1. The molecule has 1 saturated carbocycles. The number of carbonyl (C=O) groups is 3. The first-order valence-electron chi connectivity index (χ1n) is 8.27. The minimum Gasteiger partial charge on any atom is -0.497 e. The van der Waals surface area contributed by atoms with Crippen LogP contribution in [0.15, 0.2) is 30.3 Å². The predicted octanol–water partition coefficient (Wildman–Crippen LogP) is 1.35. The molecule has 0 radical (unpaired) electrons. The smallest absolute Gasteiger partial charge is 0.322 e. The van der Waals surface area contributed by atoms with Crippen molar-refractivity contribution >= 4 is 23.9 Å². The van der Waals surface area contributed by atoms with Crippen LogP contribution in [0.25, 0.3) is 6.08 Å². The Hall–Kier alpha value is -2.83. The number of amides is 4. The minimum absolute atomic E-state index is 0.00149. The van der Waals surface area contributed by atoms with Crippen LogP contribution in [0.4, 0.5) is 4.79 Å². The van der Waals surface area contributed by atoms with E-state index < -0.39 is 11.6 Å². The molecule has 1 spiro atoms. The van der Waals surface area contributed by atoms with Gasteiger partial charge in [-0.05, 0) is 49.5 Å². The zero-order valence-corrected chi connectivity index (χ0v) is 14.0. The van der Waals surface area contributed by atoms with Gasteiger partial charge < -0.3 is 15.4 Å². The Morgan fingerprint density at radius 1 is 1.32 bits per heavy atom. The highest BCUT2D eigenvalue weighted by molar-refractivity contribution is 6.07. The van der Waals surface area contributed by atoms with E-state index in [2.05, 4.69) is 16.0 Å². The maximum absolute atomic E-state index is 12.1. The summed E-state index contributed by atoms with van der Waals surface area (Å²) in [7, 11) is 1.60. The van der Waals surface area contributed by atoms with Crippen LogP contribution in [0.1, 0.15) is 31.2 Å². The average molecular weight is 343 g/mol. The summed E-state index contributed by atoms with van der Waals surface area (Å²) in [5.74, 6) is 0.293. The number of nitrogens with one attached hydrogen (secondary N) is 3. The van der Waals surface area contributed by atoms with Gasteiger partial charge in [0.25, 0.3) is 5.91 Å². The van der Waals surface area contributed by atoms with Gasteiger partial charge in [0, 0.05) is 12.1 Å². The number of methoxy groups -OCH3 is 1. The third-order valence-corrected chi connectivity index (χ3v) is 4.72. The summed E-state index contributed by atoms with van der Waals surface area (Å²) < 4.78 is 5.15. The molecule has 3 rings (SSSR count). The van der Waals surface area contributed by atoms with Crippen molar-refractivity contribution in [2.45, 2.75) is 37.3 Å². The fraction of sp³-hybridized carbons (Fsp3) is 0.389. The monoisotopic (exact) mass is 343 g/mol. The molecule has 1 saturated heterocycles. The molecule has 3 N–H and O–H groups in total. The lowest BCUT2D eigenvalue weighted by Crippen LogP contribution is -2.52. The number of ether oxygens (including phenoxy) is 1. The highest BCUT2D eigenvalue weighted by Gasteiger charge is 2.48. The molecule has 1 aromatic rings. The van der Waals surface area contributed by atoms with Gasteiger partial charge in [0.05, 0.1) is 7.11 Å². The zero-order valence-electron chi connectivity index (χ0n) is 14.0. The molecule has 4 amide bonds. The van der Waals surface area contributed by atoms with Crippen LogP contribution in [-0.2, 0) is 9.59 Å². The first-order chi connectivity index (χ1) is 12.0. The first-order valence-corrected chi connectivity index (χ1v) is 8.27. The summed E-state index contributed by atoms with van der Waals surface area (Å²) in [5, 5.41) is 7.94. The van der Waals surface area contributed by atoms with Crippen LogP contribution < -0.4 is 20.7 Å². The fourth-order valence-corrected chi connectivity index (χ4v) is 3.30. The van der Waals surface area contributed by atoms with Crippen LogP contribution in [0.2, 0.25) is 0 Å². The van der Waals surface area contributed by atoms with Crippen LogP contribution in [-0.4, -0.2) is 36.5 Å². The van der Waals surface area contributed by atoms with E-state index in [1.807, 2.05) is 24.3 Å². The topological polar surface area (TPSA) is 96.5 Å². The van der Waals surface area contributed by atoms with E-state index in [4.69, 9.17) is 4.74 Å². The lowest BCUT2D eigenvalue weighted by Gasteiger charge is -2.34. The van der Waals surface area contributed by atoms with E-state index in [1.54, 1.807) is 13.2 Å². The normalized spacial score (nSPS) is 25.7. The molecule has 0 aromatic heterocycles. The first kappa shape index (κ1) is 17.0. The second-order valence-corrected chi connectivity index (χ2v) is 6.38. The molecule has 1 aliphatic heterocycles. The summed E-state index contributed by atoms with van der Waals surface area (Å²) >= 11 is 0. The molecule has 2 fully saturated rings. The molecule has 1 heterocycles. The quantitative estimate of drug-likeness (QED) is 0.568. The van der Waals surface area contributed by atoms with E-state index in [0.29, 0.717) is 25.7 Å². The SMILES string of the molecule is COc1cccc(/C=C/C(=O)NC2CCC3(CC2)NC(=O)NC3=O)c1.